The third kappa shape index (κ3) is 5.81. The van der Waals surface area contributed by atoms with Crippen LogP contribution in [0.25, 0.3) is 0 Å². The molecular weight excluding hydrogens is 268 g/mol. The van der Waals surface area contributed by atoms with Crippen molar-refractivity contribution in [3.05, 3.63) is 29.3 Å². The Balaban J connectivity index is 2.36. The normalized spacial score (nSPS) is 10.8. The highest BCUT2D eigenvalue weighted by atomic mass is 19.1. The largest absolute Gasteiger partial charge is 0.488 e. The smallest absolute Gasteiger partial charge is 0.190 e. The Labute approximate surface area is 118 Å². The summed E-state index contributed by atoms with van der Waals surface area (Å²) in [6, 6.07) is 2.54. The highest BCUT2D eigenvalue weighted by Crippen LogP contribution is 2.23. The maximum absolute atomic E-state index is 13.7. The van der Waals surface area contributed by atoms with Gasteiger partial charge in [0.15, 0.2) is 17.4 Å². The number of hydrogen-bond donors (Lipinski definition) is 1. The number of benzene rings is 1. The quantitative estimate of drug-likeness (QED) is 0.670. The van der Waals surface area contributed by atoms with Crippen LogP contribution in [-0.2, 0) is 16.0 Å². The van der Waals surface area contributed by atoms with Crippen LogP contribution < -0.4 is 10.1 Å². The third-order valence-corrected chi connectivity index (χ3v) is 2.55. The molecular formula is C14H21F2NO3. The average Bonchev–Trinajstić information content (AvgIpc) is 2.40. The van der Waals surface area contributed by atoms with Crippen molar-refractivity contribution in [1.29, 1.82) is 0 Å². The van der Waals surface area contributed by atoms with E-state index in [4.69, 9.17) is 14.2 Å². The fraction of sp³-hybridized carbons (Fsp3) is 0.571. The van der Waals surface area contributed by atoms with Crippen molar-refractivity contribution in [3.63, 3.8) is 0 Å². The van der Waals surface area contributed by atoms with Crippen molar-refractivity contribution < 1.29 is 23.0 Å². The minimum Gasteiger partial charge on any atom is -0.488 e. The van der Waals surface area contributed by atoms with Crippen molar-refractivity contribution in [1.82, 2.24) is 5.32 Å². The Kier molecular flexibility index (Phi) is 8.10. The van der Waals surface area contributed by atoms with Gasteiger partial charge >= 0.3 is 0 Å². The summed E-state index contributed by atoms with van der Waals surface area (Å²) < 4.78 is 42.5. The standard InChI is InChI=1S/C14H21F2NO3/c1-17-10-11-8-12(15)14(13(16)9-11)20-5-3-4-19-7-6-18-2/h8-9,17H,3-7,10H2,1-2H3. The zero-order valence-corrected chi connectivity index (χ0v) is 11.9. The van der Waals surface area contributed by atoms with E-state index in [1.54, 1.807) is 14.2 Å². The number of rotatable bonds is 10. The first-order chi connectivity index (χ1) is 9.69. The topological polar surface area (TPSA) is 39.7 Å². The molecule has 6 heteroatoms. The molecule has 0 bridgehead atoms. The Bertz CT molecular complexity index is 379. The van der Waals surface area contributed by atoms with Crippen LogP contribution in [0.2, 0.25) is 0 Å². The molecule has 1 N–H and O–H groups in total. The number of methoxy groups -OCH3 is 1. The first-order valence-electron chi connectivity index (χ1n) is 6.51. The van der Waals surface area contributed by atoms with Gasteiger partial charge in [-0.25, -0.2) is 8.78 Å². The van der Waals surface area contributed by atoms with Crippen LogP contribution in [0.3, 0.4) is 0 Å². The van der Waals surface area contributed by atoms with Crippen LogP contribution in [0.4, 0.5) is 8.78 Å². The van der Waals surface area contributed by atoms with Crippen molar-refractivity contribution in [2.24, 2.45) is 0 Å². The molecule has 0 unspecified atom stereocenters. The summed E-state index contributed by atoms with van der Waals surface area (Å²) in [4.78, 5) is 0. The van der Waals surface area contributed by atoms with Crippen molar-refractivity contribution in [3.8, 4) is 5.75 Å². The van der Waals surface area contributed by atoms with Gasteiger partial charge in [-0.05, 0) is 24.7 Å². The molecule has 0 radical (unpaired) electrons. The van der Waals surface area contributed by atoms with E-state index in [0.717, 1.165) is 0 Å². The first kappa shape index (κ1) is 16.8. The van der Waals surface area contributed by atoms with E-state index >= 15 is 0 Å². The Morgan fingerprint density at radius 2 is 1.75 bits per heavy atom. The minimum atomic E-state index is -0.685. The van der Waals surface area contributed by atoms with Gasteiger partial charge < -0.3 is 19.5 Å². The highest BCUT2D eigenvalue weighted by molar-refractivity contribution is 5.31. The molecule has 0 saturated carbocycles. The van der Waals surface area contributed by atoms with Crippen LogP contribution >= 0.6 is 0 Å². The highest BCUT2D eigenvalue weighted by Gasteiger charge is 2.12. The summed E-state index contributed by atoms with van der Waals surface area (Å²) in [5, 5.41) is 2.83. The van der Waals surface area contributed by atoms with Gasteiger partial charge in [0.1, 0.15) is 0 Å². The molecule has 1 aromatic carbocycles. The van der Waals surface area contributed by atoms with Crippen molar-refractivity contribution >= 4 is 0 Å². The summed E-state index contributed by atoms with van der Waals surface area (Å²) in [6.07, 6.45) is 0.556. The molecule has 0 spiro atoms. The monoisotopic (exact) mass is 289 g/mol. The lowest BCUT2D eigenvalue weighted by Crippen LogP contribution is -2.09. The zero-order chi connectivity index (χ0) is 14.8. The number of hydrogen-bond acceptors (Lipinski definition) is 4. The Morgan fingerprint density at radius 1 is 1.05 bits per heavy atom. The SMILES string of the molecule is CNCc1cc(F)c(OCCCOCCOC)c(F)c1. The van der Waals surface area contributed by atoms with E-state index in [0.29, 0.717) is 38.3 Å². The van der Waals surface area contributed by atoms with Gasteiger partial charge in [0, 0.05) is 26.7 Å². The lowest BCUT2D eigenvalue weighted by molar-refractivity contribution is 0.0640. The average molecular weight is 289 g/mol. The van der Waals surface area contributed by atoms with E-state index in [1.165, 1.54) is 12.1 Å². The molecule has 0 aliphatic carbocycles. The summed E-state index contributed by atoms with van der Waals surface area (Å²) in [5.74, 6) is -1.70. The summed E-state index contributed by atoms with van der Waals surface area (Å²) in [5.41, 5.74) is 0.540. The molecule has 0 atom stereocenters. The lowest BCUT2D eigenvalue weighted by Gasteiger charge is -2.10. The van der Waals surface area contributed by atoms with Gasteiger partial charge in [-0.2, -0.15) is 0 Å². The molecule has 4 nitrogen and oxygen atoms in total. The van der Waals surface area contributed by atoms with E-state index in [-0.39, 0.29) is 12.4 Å². The Hall–Kier alpha value is -1.24. The predicted octanol–water partition coefficient (Wildman–Crippen LogP) is 2.12. The predicted molar refractivity (Wildman–Crippen MR) is 71.9 cm³/mol. The summed E-state index contributed by atoms with van der Waals surface area (Å²) in [7, 11) is 3.31. The number of ether oxygens (including phenoxy) is 3. The van der Waals surface area contributed by atoms with Crippen molar-refractivity contribution in [2.45, 2.75) is 13.0 Å². The zero-order valence-electron chi connectivity index (χ0n) is 11.9. The molecule has 114 valence electrons. The molecule has 0 saturated heterocycles. The third-order valence-electron chi connectivity index (χ3n) is 2.55. The molecule has 0 amide bonds. The molecule has 1 aromatic rings. The summed E-state index contributed by atoms with van der Waals surface area (Å²) in [6.45, 7) is 2.09. The van der Waals surface area contributed by atoms with Crippen LogP contribution in [0.5, 0.6) is 5.75 Å². The molecule has 0 heterocycles. The number of halogens is 2. The lowest BCUT2D eigenvalue weighted by atomic mass is 10.2. The van der Waals surface area contributed by atoms with Gasteiger partial charge in [0.05, 0.1) is 19.8 Å². The van der Waals surface area contributed by atoms with Gasteiger partial charge in [-0.3, -0.25) is 0 Å². The van der Waals surface area contributed by atoms with Gasteiger partial charge in [0.25, 0.3) is 0 Å². The molecule has 20 heavy (non-hydrogen) atoms. The fourth-order valence-electron chi connectivity index (χ4n) is 1.64. The second kappa shape index (κ2) is 9.63. The maximum atomic E-state index is 13.7. The molecule has 0 fully saturated rings. The van der Waals surface area contributed by atoms with Gasteiger partial charge in [0.2, 0.25) is 0 Å². The van der Waals surface area contributed by atoms with Crippen molar-refractivity contribution in [2.75, 3.05) is 40.6 Å². The van der Waals surface area contributed by atoms with Crippen LogP contribution in [0, 0.1) is 11.6 Å². The summed E-state index contributed by atoms with van der Waals surface area (Å²) >= 11 is 0. The molecule has 0 aliphatic heterocycles. The minimum absolute atomic E-state index is 0.201. The van der Waals surface area contributed by atoms with E-state index < -0.39 is 11.6 Å². The van der Waals surface area contributed by atoms with E-state index in [9.17, 15) is 8.78 Å². The number of nitrogens with one attached hydrogen (secondary N) is 1. The first-order valence-corrected chi connectivity index (χ1v) is 6.51. The molecule has 0 aliphatic rings. The second-order valence-electron chi connectivity index (χ2n) is 4.23. The molecule has 1 rings (SSSR count). The second-order valence-corrected chi connectivity index (χ2v) is 4.23. The van der Waals surface area contributed by atoms with Crippen LogP contribution in [0.1, 0.15) is 12.0 Å². The van der Waals surface area contributed by atoms with Crippen LogP contribution in [0.15, 0.2) is 12.1 Å². The van der Waals surface area contributed by atoms with E-state index in [2.05, 4.69) is 5.32 Å². The van der Waals surface area contributed by atoms with Gasteiger partial charge in [-0.1, -0.05) is 0 Å². The Morgan fingerprint density at radius 3 is 2.35 bits per heavy atom. The van der Waals surface area contributed by atoms with Crippen LogP contribution in [-0.4, -0.2) is 40.6 Å². The maximum Gasteiger partial charge on any atom is 0.190 e. The van der Waals surface area contributed by atoms with E-state index in [1.807, 2.05) is 0 Å². The fourth-order valence-corrected chi connectivity index (χ4v) is 1.64. The van der Waals surface area contributed by atoms with Gasteiger partial charge in [-0.15, -0.1) is 0 Å². The molecule has 0 aromatic heterocycles.